The molecule has 3 rings (SSSR count). The molecule has 3 nitrogen and oxygen atoms in total. The number of hydrogen-bond acceptors (Lipinski definition) is 4. The second kappa shape index (κ2) is 5.78. The first kappa shape index (κ1) is 12.7. The number of anilines is 1. The topological polar surface area (TPSA) is 37.8 Å². The van der Waals surface area contributed by atoms with E-state index in [0.29, 0.717) is 6.04 Å². The zero-order valence-corrected chi connectivity index (χ0v) is 12.0. The van der Waals surface area contributed by atoms with Crippen molar-refractivity contribution in [3.8, 4) is 0 Å². The van der Waals surface area contributed by atoms with Gasteiger partial charge in [0.25, 0.3) is 0 Å². The number of nitrogens with zero attached hydrogens (tertiary/aromatic N) is 2. The highest BCUT2D eigenvalue weighted by molar-refractivity contribution is 7.99. The first-order chi connectivity index (χ1) is 9.35. The van der Waals surface area contributed by atoms with Crippen LogP contribution in [0.2, 0.25) is 0 Å². The first-order valence-electron chi connectivity index (χ1n) is 6.86. The molecule has 0 radical (unpaired) electrons. The molecular weight excluding hydrogens is 254 g/mol. The SMILES string of the molecule is CSC1CCC(Nc2ncc3ccccc3n2)CC1. The maximum Gasteiger partial charge on any atom is 0.223 e. The maximum atomic E-state index is 4.58. The highest BCUT2D eigenvalue weighted by Gasteiger charge is 2.20. The monoisotopic (exact) mass is 273 g/mol. The zero-order chi connectivity index (χ0) is 13.1. The van der Waals surface area contributed by atoms with E-state index in [1.807, 2.05) is 42.2 Å². The van der Waals surface area contributed by atoms with Crippen LogP contribution >= 0.6 is 11.8 Å². The maximum absolute atomic E-state index is 4.58. The molecule has 0 aliphatic heterocycles. The van der Waals surface area contributed by atoms with E-state index in [-0.39, 0.29) is 0 Å². The van der Waals surface area contributed by atoms with Crippen molar-refractivity contribution in [2.75, 3.05) is 11.6 Å². The van der Waals surface area contributed by atoms with Crippen LogP contribution in [0.4, 0.5) is 5.95 Å². The molecule has 0 saturated heterocycles. The molecule has 0 spiro atoms. The predicted octanol–water partition coefficient (Wildman–Crippen LogP) is 3.72. The van der Waals surface area contributed by atoms with Crippen LogP contribution in [0.5, 0.6) is 0 Å². The summed E-state index contributed by atoms with van der Waals surface area (Å²) in [4.78, 5) is 8.99. The van der Waals surface area contributed by atoms with E-state index in [1.54, 1.807) is 0 Å². The van der Waals surface area contributed by atoms with Gasteiger partial charge in [-0.05, 0) is 38.0 Å². The third-order valence-electron chi connectivity index (χ3n) is 3.83. The lowest BCUT2D eigenvalue weighted by Gasteiger charge is -2.28. The van der Waals surface area contributed by atoms with Crippen molar-refractivity contribution in [1.82, 2.24) is 9.97 Å². The fraction of sp³-hybridized carbons (Fsp3) is 0.467. The summed E-state index contributed by atoms with van der Waals surface area (Å²) >= 11 is 2.00. The predicted molar refractivity (Wildman–Crippen MR) is 82.7 cm³/mol. The highest BCUT2D eigenvalue weighted by atomic mass is 32.2. The molecule has 0 unspecified atom stereocenters. The minimum absolute atomic E-state index is 0.532. The molecule has 0 bridgehead atoms. The Morgan fingerprint density at radius 1 is 1.16 bits per heavy atom. The molecule has 1 aromatic carbocycles. The van der Waals surface area contributed by atoms with Crippen molar-refractivity contribution in [3.05, 3.63) is 30.5 Å². The van der Waals surface area contributed by atoms with E-state index in [1.165, 1.54) is 25.7 Å². The number of thioether (sulfide) groups is 1. The van der Waals surface area contributed by atoms with E-state index in [0.717, 1.165) is 22.1 Å². The molecule has 0 amide bonds. The second-order valence-corrected chi connectivity index (χ2v) is 6.24. The summed E-state index contributed by atoms with van der Waals surface area (Å²) in [5, 5.41) is 5.43. The summed E-state index contributed by atoms with van der Waals surface area (Å²) in [6, 6.07) is 8.64. The molecule has 100 valence electrons. The fourth-order valence-electron chi connectivity index (χ4n) is 2.67. The number of benzene rings is 1. The average molecular weight is 273 g/mol. The van der Waals surface area contributed by atoms with E-state index >= 15 is 0 Å². The van der Waals surface area contributed by atoms with Gasteiger partial charge in [-0.25, -0.2) is 9.97 Å². The molecule has 1 heterocycles. The Hall–Kier alpha value is -1.29. The third kappa shape index (κ3) is 3.00. The summed E-state index contributed by atoms with van der Waals surface area (Å²) in [7, 11) is 0. The van der Waals surface area contributed by atoms with Crippen molar-refractivity contribution < 1.29 is 0 Å². The molecule has 19 heavy (non-hydrogen) atoms. The van der Waals surface area contributed by atoms with Crippen LogP contribution in [0.25, 0.3) is 10.9 Å². The van der Waals surface area contributed by atoms with Crippen molar-refractivity contribution >= 4 is 28.6 Å². The smallest absolute Gasteiger partial charge is 0.223 e. The largest absolute Gasteiger partial charge is 0.351 e. The molecule has 1 saturated carbocycles. The summed E-state index contributed by atoms with van der Waals surface area (Å²) in [5.41, 5.74) is 1.01. The Balaban J connectivity index is 1.68. The Labute approximate surface area is 118 Å². The highest BCUT2D eigenvalue weighted by Crippen LogP contribution is 2.28. The Kier molecular flexibility index (Phi) is 3.87. The molecule has 0 atom stereocenters. The fourth-order valence-corrected chi connectivity index (χ4v) is 3.41. The van der Waals surface area contributed by atoms with Crippen LogP contribution < -0.4 is 5.32 Å². The summed E-state index contributed by atoms with van der Waals surface area (Å²) in [5.74, 6) is 0.770. The van der Waals surface area contributed by atoms with Gasteiger partial charge in [0.2, 0.25) is 5.95 Å². The van der Waals surface area contributed by atoms with Gasteiger partial charge in [-0.1, -0.05) is 18.2 Å². The number of nitrogens with one attached hydrogen (secondary N) is 1. The summed E-state index contributed by atoms with van der Waals surface area (Å²) < 4.78 is 0. The van der Waals surface area contributed by atoms with Crippen LogP contribution in [-0.4, -0.2) is 27.5 Å². The number of rotatable bonds is 3. The quantitative estimate of drug-likeness (QED) is 0.925. The summed E-state index contributed by atoms with van der Waals surface area (Å²) in [6.07, 6.45) is 9.16. The Morgan fingerprint density at radius 2 is 1.95 bits per heavy atom. The van der Waals surface area contributed by atoms with Gasteiger partial charge in [-0.2, -0.15) is 11.8 Å². The Bertz CT molecular complexity index is 550. The van der Waals surface area contributed by atoms with Crippen LogP contribution in [-0.2, 0) is 0 Å². The van der Waals surface area contributed by atoms with Gasteiger partial charge in [0.1, 0.15) is 0 Å². The van der Waals surface area contributed by atoms with Crippen LogP contribution in [0.3, 0.4) is 0 Å². The van der Waals surface area contributed by atoms with Gasteiger partial charge in [0.15, 0.2) is 0 Å². The molecule has 1 N–H and O–H groups in total. The Morgan fingerprint density at radius 3 is 2.74 bits per heavy atom. The van der Waals surface area contributed by atoms with E-state index in [4.69, 9.17) is 0 Å². The standard InChI is InChI=1S/C15H19N3S/c1-19-13-8-6-12(7-9-13)17-15-16-10-11-4-2-3-5-14(11)18-15/h2-5,10,12-13H,6-9H2,1H3,(H,16,17,18). The molecule has 2 aromatic rings. The van der Waals surface area contributed by atoms with Gasteiger partial charge >= 0.3 is 0 Å². The first-order valence-corrected chi connectivity index (χ1v) is 8.15. The van der Waals surface area contributed by atoms with Gasteiger partial charge in [-0.15, -0.1) is 0 Å². The molecule has 1 aliphatic carbocycles. The summed E-state index contributed by atoms with van der Waals surface area (Å²) in [6.45, 7) is 0. The van der Waals surface area contributed by atoms with Gasteiger partial charge < -0.3 is 5.32 Å². The third-order valence-corrected chi connectivity index (χ3v) is 4.97. The number of aromatic nitrogens is 2. The molecule has 1 fully saturated rings. The van der Waals surface area contributed by atoms with Gasteiger partial charge in [0, 0.05) is 22.9 Å². The molecule has 4 heteroatoms. The van der Waals surface area contributed by atoms with Crippen LogP contribution in [0.1, 0.15) is 25.7 Å². The lowest BCUT2D eigenvalue weighted by atomic mass is 9.95. The molecule has 1 aliphatic rings. The van der Waals surface area contributed by atoms with Crippen molar-refractivity contribution in [2.45, 2.75) is 37.0 Å². The van der Waals surface area contributed by atoms with E-state index in [2.05, 4.69) is 21.5 Å². The molecule has 1 aromatic heterocycles. The lowest BCUT2D eigenvalue weighted by Crippen LogP contribution is -2.27. The number of para-hydroxylation sites is 1. The minimum Gasteiger partial charge on any atom is -0.351 e. The van der Waals surface area contributed by atoms with Crippen molar-refractivity contribution in [1.29, 1.82) is 0 Å². The lowest BCUT2D eigenvalue weighted by molar-refractivity contribution is 0.471. The van der Waals surface area contributed by atoms with Crippen molar-refractivity contribution in [3.63, 3.8) is 0 Å². The van der Waals surface area contributed by atoms with Gasteiger partial charge in [0.05, 0.1) is 5.52 Å². The van der Waals surface area contributed by atoms with Gasteiger partial charge in [-0.3, -0.25) is 0 Å². The van der Waals surface area contributed by atoms with E-state index < -0.39 is 0 Å². The van der Waals surface area contributed by atoms with E-state index in [9.17, 15) is 0 Å². The second-order valence-electron chi connectivity index (χ2n) is 5.11. The molecular formula is C15H19N3S. The number of hydrogen-bond donors (Lipinski definition) is 1. The zero-order valence-electron chi connectivity index (χ0n) is 11.2. The number of fused-ring (bicyclic) bond motifs is 1. The normalized spacial score (nSPS) is 23.4. The van der Waals surface area contributed by atoms with Crippen LogP contribution in [0.15, 0.2) is 30.5 Å². The average Bonchev–Trinajstić information content (AvgIpc) is 2.48. The minimum atomic E-state index is 0.532. The van der Waals surface area contributed by atoms with Crippen molar-refractivity contribution in [2.24, 2.45) is 0 Å². The van der Waals surface area contributed by atoms with Crippen LogP contribution in [0, 0.1) is 0 Å².